The summed E-state index contributed by atoms with van der Waals surface area (Å²) >= 11 is 0. The SMILES string of the molecule is CNC1(C(=O)O)CCOC1. The Morgan fingerprint density at radius 2 is 2.50 bits per heavy atom. The molecule has 0 radical (unpaired) electrons. The second kappa shape index (κ2) is 2.56. The first-order chi connectivity index (χ1) is 4.71. The van der Waals surface area contributed by atoms with Crippen LogP contribution in [0.15, 0.2) is 0 Å². The first-order valence-electron chi connectivity index (χ1n) is 3.21. The molecule has 0 bridgehead atoms. The Labute approximate surface area is 59.2 Å². The Hall–Kier alpha value is -0.610. The molecule has 10 heavy (non-hydrogen) atoms. The van der Waals surface area contributed by atoms with Crippen molar-refractivity contribution in [2.45, 2.75) is 12.0 Å². The summed E-state index contributed by atoms with van der Waals surface area (Å²) in [7, 11) is 1.64. The summed E-state index contributed by atoms with van der Waals surface area (Å²) in [4.78, 5) is 10.6. The molecule has 1 atom stereocenters. The standard InChI is InChI=1S/C6H11NO3/c1-7-6(5(8)9)2-3-10-4-6/h7H,2-4H2,1H3,(H,8,9). The number of nitrogens with one attached hydrogen (secondary N) is 1. The van der Waals surface area contributed by atoms with E-state index in [0.29, 0.717) is 13.0 Å². The molecule has 0 amide bonds. The maximum absolute atomic E-state index is 10.6. The number of carboxylic acid groups (broad SMARTS) is 1. The molecule has 0 spiro atoms. The molecule has 1 rings (SSSR count). The van der Waals surface area contributed by atoms with Gasteiger partial charge in [-0.15, -0.1) is 0 Å². The highest BCUT2D eigenvalue weighted by atomic mass is 16.5. The Morgan fingerprint density at radius 3 is 2.70 bits per heavy atom. The number of hydrogen-bond acceptors (Lipinski definition) is 3. The average Bonchev–Trinajstić information content (AvgIpc) is 2.35. The van der Waals surface area contributed by atoms with Gasteiger partial charge in [0.15, 0.2) is 0 Å². The molecular weight excluding hydrogens is 134 g/mol. The summed E-state index contributed by atoms with van der Waals surface area (Å²) in [5.74, 6) is -0.826. The largest absolute Gasteiger partial charge is 0.480 e. The highest BCUT2D eigenvalue weighted by Crippen LogP contribution is 2.17. The van der Waals surface area contributed by atoms with Crippen LogP contribution in [-0.2, 0) is 9.53 Å². The van der Waals surface area contributed by atoms with E-state index in [1.54, 1.807) is 7.05 Å². The smallest absolute Gasteiger partial charge is 0.326 e. The second-order valence-corrected chi connectivity index (χ2v) is 2.44. The lowest BCUT2D eigenvalue weighted by molar-refractivity contribution is -0.144. The summed E-state index contributed by atoms with van der Waals surface area (Å²) < 4.78 is 4.97. The van der Waals surface area contributed by atoms with Gasteiger partial charge in [0.25, 0.3) is 0 Å². The van der Waals surface area contributed by atoms with Gasteiger partial charge in [-0.1, -0.05) is 0 Å². The summed E-state index contributed by atoms with van der Waals surface area (Å²) in [5, 5.41) is 11.5. The van der Waals surface area contributed by atoms with E-state index >= 15 is 0 Å². The van der Waals surface area contributed by atoms with Crippen LogP contribution < -0.4 is 5.32 Å². The first kappa shape index (κ1) is 7.50. The molecule has 2 N–H and O–H groups in total. The lowest BCUT2D eigenvalue weighted by Crippen LogP contribution is -2.50. The minimum absolute atomic E-state index is 0.277. The van der Waals surface area contributed by atoms with Crippen molar-refractivity contribution in [2.24, 2.45) is 0 Å². The predicted octanol–water partition coefficient (Wildman–Crippen LogP) is -0.551. The molecule has 58 valence electrons. The van der Waals surface area contributed by atoms with Gasteiger partial charge < -0.3 is 15.2 Å². The maximum Gasteiger partial charge on any atom is 0.326 e. The quantitative estimate of drug-likeness (QED) is 0.547. The molecule has 4 nitrogen and oxygen atoms in total. The molecule has 0 aromatic carbocycles. The predicted molar refractivity (Wildman–Crippen MR) is 34.9 cm³/mol. The Bertz CT molecular complexity index is 140. The van der Waals surface area contributed by atoms with Crippen molar-refractivity contribution in [2.75, 3.05) is 20.3 Å². The molecule has 1 aliphatic rings. The van der Waals surface area contributed by atoms with E-state index in [0.717, 1.165) is 0 Å². The van der Waals surface area contributed by atoms with Crippen LogP contribution in [0.2, 0.25) is 0 Å². The van der Waals surface area contributed by atoms with E-state index in [2.05, 4.69) is 5.32 Å². The zero-order valence-corrected chi connectivity index (χ0v) is 5.89. The van der Waals surface area contributed by atoms with Crippen LogP contribution in [-0.4, -0.2) is 36.9 Å². The van der Waals surface area contributed by atoms with Gasteiger partial charge in [0.05, 0.1) is 6.61 Å². The van der Waals surface area contributed by atoms with Crippen LogP contribution >= 0.6 is 0 Å². The Balaban J connectivity index is 2.67. The molecular formula is C6H11NO3. The van der Waals surface area contributed by atoms with E-state index < -0.39 is 11.5 Å². The fourth-order valence-electron chi connectivity index (χ4n) is 1.04. The third kappa shape index (κ3) is 0.998. The monoisotopic (exact) mass is 145 g/mol. The number of ether oxygens (including phenoxy) is 1. The van der Waals surface area contributed by atoms with Crippen molar-refractivity contribution in [3.8, 4) is 0 Å². The van der Waals surface area contributed by atoms with Crippen molar-refractivity contribution >= 4 is 5.97 Å². The van der Waals surface area contributed by atoms with Gasteiger partial charge in [-0.2, -0.15) is 0 Å². The highest BCUT2D eigenvalue weighted by Gasteiger charge is 2.40. The van der Waals surface area contributed by atoms with Crippen LogP contribution in [0, 0.1) is 0 Å². The number of carbonyl (C=O) groups is 1. The minimum Gasteiger partial charge on any atom is -0.480 e. The summed E-state index contributed by atoms with van der Waals surface area (Å²) in [6, 6.07) is 0. The van der Waals surface area contributed by atoms with Crippen LogP contribution in [0.25, 0.3) is 0 Å². The lowest BCUT2D eigenvalue weighted by atomic mass is 10.00. The topological polar surface area (TPSA) is 58.6 Å². The third-order valence-corrected chi connectivity index (χ3v) is 1.91. The van der Waals surface area contributed by atoms with Crippen molar-refractivity contribution in [3.63, 3.8) is 0 Å². The molecule has 0 aromatic heterocycles. The van der Waals surface area contributed by atoms with Crippen molar-refractivity contribution < 1.29 is 14.6 Å². The fraction of sp³-hybridized carbons (Fsp3) is 0.833. The number of carboxylic acids is 1. The van der Waals surface area contributed by atoms with Gasteiger partial charge in [-0.25, -0.2) is 0 Å². The molecule has 0 saturated carbocycles. The molecule has 1 aliphatic heterocycles. The molecule has 1 fully saturated rings. The number of aliphatic carboxylic acids is 1. The molecule has 4 heteroatoms. The third-order valence-electron chi connectivity index (χ3n) is 1.91. The van der Waals surface area contributed by atoms with E-state index in [4.69, 9.17) is 9.84 Å². The molecule has 0 aliphatic carbocycles. The summed E-state index contributed by atoms with van der Waals surface area (Å²) in [5.41, 5.74) is -0.819. The van der Waals surface area contributed by atoms with Crippen LogP contribution in [0.5, 0.6) is 0 Å². The first-order valence-corrected chi connectivity index (χ1v) is 3.21. The van der Waals surface area contributed by atoms with Crippen LogP contribution in [0.3, 0.4) is 0 Å². The zero-order chi connectivity index (χ0) is 7.61. The van der Waals surface area contributed by atoms with Gasteiger partial charge in [-0.05, 0) is 7.05 Å². The maximum atomic E-state index is 10.6. The van der Waals surface area contributed by atoms with E-state index in [9.17, 15) is 4.79 Å². The molecule has 1 unspecified atom stereocenters. The summed E-state index contributed by atoms with van der Waals surface area (Å²) in [6.45, 7) is 0.811. The van der Waals surface area contributed by atoms with Crippen molar-refractivity contribution in [1.82, 2.24) is 5.32 Å². The lowest BCUT2D eigenvalue weighted by Gasteiger charge is -2.20. The van der Waals surface area contributed by atoms with E-state index in [1.807, 2.05) is 0 Å². The van der Waals surface area contributed by atoms with Crippen LogP contribution in [0.4, 0.5) is 0 Å². The average molecular weight is 145 g/mol. The molecule has 0 aromatic rings. The van der Waals surface area contributed by atoms with Crippen LogP contribution in [0.1, 0.15) is 6.42 Å². The van der Waals surface area contributed by atoms with Gasteiger partial charge >= 0.3 is 5.97 Å². The number of rotatable bonds is 2. The Morgan fingerprint density at radius 1 is 1.80 bits per heavy atom. The number of hydrogen-bond donors (Lipinski definition) is 2. The van der Waals surface area contributed by atoms with Gasteiger partial charge in [0.1, 0.15) is 5.54 Å². The number of likely N-dealkylation sites (N-methyl/N-ethyl adjacent to an activating group) is 1. The second-order valence-electron chi connectivity index (χ2n) is 2.44. The minimum atomic E-state index is -0.826. The van der Waals surface area contributed by atoms with Crippen molar-refractivity contribution in [1.29, 1.82) is 0 Å². The Kier molecular flexibility index (Phi) is 1.92. The van der Waals surface area contributed by atoms with Crippen molar-refractivity contribution in [3.05, 3.63) is 0 Å². The van der Waals surface area contributed by atoms with E-state index in [1.165, 1.54) is 0 Å². The van der Waals surface area contributed by atoms with Gasteiger partial charge in [-0.3, -0.25) is 4.79 Å². The summed E-state index contributed by atoms with van der Waals surface area (Å²) in [6.07, 6.45) is 0.554. The molecule has 1 heterocycles. The van der Waals surface area contributed by atoms with E-state index in [-0.39, 0.29) is 6.61 Å². The normalized spacial score (nSPS) is 32.5. The van der Waals surface area contributed by atoms with Gasteiger partial charge in [0.2, 0.25) is 0 Å². The zero-order valence-electron chi connectivity index (χ0n) is 5.89. The van der Waals surface area contributed by atoms with Gasteiger partial charge in [0, 0.05) is 13.0 Å². The highest BCUT2D eigenvalue weighted by molar-refractivity contribution is 5.79. The molecule has 1 saturated heterocycles. The fourth-order valence-corrected chi connectivity index (χ4v) is 1.04.